The number of thiocarbonyl (C=S) groups is 1. The van der Waals surface area contributed by atoms with Crippen LogP contribution in [0, 0.1) is 35.0 Å². The molecule has 0 bridgehead atoms. The van der Waals surface area contributed by atoms with Gasteiger partial charge in [0, 0.05) is 6.54 Å². The molecule has 0 saturated carbocycles. The van der Waals surface area contributed by atoms with Crippen LogP contribution in [0.5, 0.6) is 0 Å². The minimum Gasteiger partial charge on any atom is -0.362 e. The van der Waals surface area contributed by atoms with E-state index in [1.165, 1.54) is 0 Å². The van der Waals surface area contributed by atoms with E-state index in [1.54, 1.807) is 0 Å². The Morgan fingerprint density at radius 2 is 1.37 bits per heavy atom. The molecule has 1 aromatic rings. The Morgan fingerprint density at radius 3 is 1.79 bits per heavy atom. The lowest BCUT2D eigenvalue weighted by atomic mass is 10.2. The van der Waals surface area contributed by atoms with Crippen LogP contribution in [0.1, 0.15) is 13.8 Å². The minimum absolute atomic E-state index is 0.191. The summed E-state index contributed by atoms with van der Waals surface area (Å²) in [7, 11) is 0. The molecule has 2 nitrogen and oxygen atoms in total. The van der Waals surface area contributed by atoms with Gasteiger partial charge in [-0.25, -0.2) is 22.0 Å². The molecule has 0 aliphatic carbocycles. The Kier molecular flexibility index (Phi) is 5.04. The molecule has 2 N–H and O–H groups in total. The van der Waals surface area contributed by atoms with Crippen LogP contribution in [-0.4, -0.2) is 11.7 Å². The average molecular weight is 298 g/mol. The summed E-state index contributed by atoms with van der Waals surface area (Å²) in [5.74, 6) is -9.96. The van der Waals surface area contributed by atoms with Crippen molar-refractivity contribution < 1.29 is 22.0 Å². The van der Waals surface area contributed by atoms with Gasteiger partial charge < -0.3 is 10.6 Å². The number of rotatable bonds is 3. The predicted octanol–water partition coefficient (Wildman–Crippen LogP) is 3.32. The molecular weight excluding hydrogens is 287 g/mol. The quantitative estimate of drug-likeness (QED) is 0.387. The van der Waals surface area contributed by atoms with Gasteiger partial charge in [-0.05, 0) is 18.1 Å². The van der Waals surface area contributed by atoms with Crippen LogP contribution in [-0.2, 0) is 0 Å². The van der Waals surface area contributed by atoms with E-state index in [1.807, 2.05) is 19.2 Å². The summed E-state index contributed by atoms with van der Waals surface area (Å²) in [6.45, 7) is 4.10. The highest BCUT2D eigenvalue weighted by molar-refractivity contribution is 7.80. The topological polar surface area (TPSA) is 24.1 Å². The first-order valence-corrected chi connectivity index (χ1v) is 5.72. The van der Waals surface area contributed by atoms with Gasteiger partial charge in [-0.15, -0.1) is 0 Å². The number of halogens is 5. The van der Waals surface area contributed by atoms with Gasteiger partial charge in [-0.2, -0.15) is 0 Å². The van der Waals surface area contributed by atoms with E-state index in [4.69, 9.17) is 12.2 Å². The van der Waals surface area contributed by atoms with E-state index in [9.17, 15) is 22.0 Å². The van der Waals surface area contributed by atoms with Gasteiger partial charge in [0.1, 0.15) is 5.69 Å². The van der Waals surface area contributed by atoms with Gasteiger partial charge in [-0.3, -0.25) is 0 Å². The van der Waals surface area contributed by atoms with Crippen molar-refractivity contribution in [1.82, 2.24) is 5.32 Å². The van der Waals surface area contributed by atoms with Crippen LogP contribution in [0.4, 0.5) is 27.6 Å². The van der Waals surface area contributed by atoms with Crippen LogP contribution < -0.4 is 10.6 Å². The van der Waals surface area contributed by atoms with Crippen molar-refractivity contribution in [1.29, 1.82) is 0 Å². The summed E-state index contributed by atoms with van der Waals surface area (Å²) < 4.78 is 65.2. The van der Waals surface area contributed by atoms with Crippen molar-refractivity contribution in [3.05, 3.63) is 29.1 Å². The molecule has 0 aromatic heterocycles. The monoisotopic (exact) mass is 298 g/mol. The Balaban J connectivity index is 2.99. The van der Waals surface area contributed by atoms with Gasteiger partial charge in [0.15, 0.2) is 28.4 Å². The lowest BCUT2D eigenvalue weighted by Crippen LogP contribution is -2.32. The number of benzene rings is 1. The van der Waals surface area contributed by atoms with Gasteiger partial charge in [0.05, 0.1) is 0 Å². The fraction of sp³-hybridized carbons (Fsp3) is 0.364. The summed E-state index contributed by atoms with van der Waals surface area (Å²) in [5, 5.41) is 4.33. The first-order chi connectivity index (χ1) is 8.75. The highest BCUT2D eigenvalue weighted by Gasteiger charge is 2.26. The molecule has 0 heterocycles. The smallest absolute Gasteiger partial charge is 0.200 e. The van der Waals surface area contributed by atoms with Crippen molar-refractivity contribution in [2.75, 3.05) is 11.9 Å². The first kappa shape index (κ1) is 15.6. The maximum Gasteiger partial charge on any atom is 0.200 e. The average Bonchev–Trinajstić information content (AvgIpc) is 2.36. The van der Waals surface area contributed by atoms with Crippen LogP contribution in [0.15, 0.2) is 0 Å². The van der Waals surface area contributed by atoms with Crippen molar-refractivity contribution in [2.24, 2.45) is 5.92 Å². The molecule has 0 spiro atoms. The number of anilines is 1. The lowest BCUT2D eigenvalue weighted by Gasteiger charge is -2.14. The van der Waals surface area contributed by atoms with E-state index >= 15 is 0 Å². The maximum atomic E-state index is 13.3. The number of hydrogen-bond acceptors (Lipinski definition) is 1. The zero-order chi connectivity index (χ0) is 14.7. The fourth-order valence-electron chi connectivity index (χ4n) is 1.17. The van der Waals surface area contributed by atoms with Crippen LogP contribution in [0.3, 0.4) is 0 Å². The van der Waals surface area contributed by atoms with Crippen LogP contribution in [0.25, 0.3) is 0 Å². The minimum atomic E-state index is -2.21. The molecule has 1 aromatic carbocycles. The lowest BCUT2D eigenvalue weighted by molar-refractivity contribution is 0.382. The zero-order valence-electron chi connectivity index (χ0n) is 10.1. The summed E-state index contributed by atoms with van der Waals surface area (Å²) in [4.78, 5) is 0. The largest absolute Gasteiger partial charge is 0.362 e. The van der Waals surface area contributed by atoms with Crippen molar-refractivity contribution in [3.8, 4) is 0 Å². The molecule has 0 saturated heterocycles. The molecule has 0 aliphatic heterocycles. The van der Waals surface area contributed by atoms with Crippen molar-refractivity contribution in [3.63, 3.8) is 0 Å². The molecule has 1 rings (SSSR count). The maximum absolute atomic E-state index is 13.3. The van der Waals surface area contributed by atoms with E-state index in [-0.39, 0.29) is 11.0 Å². The third-order valence-corrected chi connectivity index (χ3v) is 2.37. The summed E-state index contributed by atoms with van der Waals surface area (Å²) in [6.07, 6.45) is 0. The Hall–Kier alpha value is -1.44. The second-order valence-electron chi connectivity index (χ2n) is 4.17. The fourth-order valence-corrected chi connectivity index (χ4v) is 1.35. The molecule has 0 amide bonds. The summed E-state index contributed by atoms with van der Waals surface area (Å²) >= 11 is 4.70. The zero-order valence-corrected chi connectivity index (χ0v) is 10.9. The SMILES string of the molecule is CC(C)CNC(=S)Nc1c(F)c(F)c(F)c(F)c1F. The predicted molar refractivity (Wildman–Crippen MR) is 65.3 cm³/mol. The standard InChI is InChI=1S/C11H11F5N2S/c1-4(2)3-17-11(19)18-10-8(15)6(13)5(12)7(14)9(10)16/h4H,3H2,1-2H3,(H2,17,18,19). The van der Waals surface area contributed by atoms with Crippen LogP contribution in [0.2, 0.25) is 0 Å². The molecule has 0 atom stereocenters. The molecule has 19 heavy (non-hydrogen) atoms. The molecular formula is C11H11F5N2S. The van der Waals surface area contributed by atoms with E-state index < -0.39 is 34.8 Å². The summed E-state index contributed by atoms with van der Waals surface area (Å²) in [6, 6.07) is 0. The van der Waals surface area contributed by atoms with Gasteiger partial charge >= 0.3 is 0 Å². The van der Waals surface area contributed by atoms with Crippen molar-refractivity contribution >= 4 is 23.0 Å². The summed E-state index contributed by atoms with van der Waals surface area (Å²) in [5.41, 5.74) is -1.17. The highest BCUT2D eigenvalue weighted by Crippen LogP contribution is 2.26. The van der Waals surface area contributed by atoms with Gasteiger partial charge in [0.25, 0.3) is 0 Å². The van der Waals surface area contributed by atoms with Crippen molar-refractivity contribution in [2.45, 2.75) is 13.8 Å². The third-order valence-electron chi connectivity index (χ3n) is 2.12. The van der Waals surface area contributed by atoms with Gasteiger partial charge in [0.2, 0.25) is 5.82 Å². The first-order valence-electron chi connectivity index (χ1n) is 5.32. The number of hydrogen-bond donors (Lipinski definition) is 2. The van der Waals surface area contributed by atoms with E-state index in [0.717, 1.165) is 0 Å². The van der Waals surface area contributed by atoms with E-state index in [0.29, 0.717) is 6.54 Å². The number of nitrogens with one attached hydrogen (secondary N) is 2. The molecule has 106 valence electrons. The highest BCUT2D eigenvalue weighted by atomic mass is 32.1. The molecule has 0 unspecified atom stereocenters. The Labute approximate surface area is 112 Å². The third kappa shape index (κ3) is 3.52. The second kappa shape index (κ2) is 6.14. The Morgan fingerprint density at radius 1 is 0.947 bits per heavy atom. The molecule has 0 fully saturated rings. The van der Waals surface area contributed by atoms with Gasteiger partial charge in [-0.1, -0.05) is 13.8 Å². The van der Waals surface area contributed by atoms with Crippen LogP contribution >= 0.6 is 12.2 Å². The molecule has 0 aliphatic rings. The molecule has 0 radical (unpaired) electrons. The normalized spacial score (nSPS) is 10.7. The molecule has 8 heteroatoms. The Bertz CT molecular complexity index is 475. The van der Waals surface area contributed by atoms with E-state index in [2.05, 4.69) is 5.32 Å². The second-order valence-corrected chi connectivity index (χ2v) is 4.58.